The normalized spacial score (nSPS) is 13.6. The highest BCUT2D eigenvalue weighted by atomic mass is 32.2. The van der Waals surface area contributed by atoms with Crippen LogP contribution in [0.4, 0.5) is 0 Å². The molecule has 1 aromatic rings. The number of sulfonamides is 1. The minimum Gasteiger partial charge on any atom is -0.392 e. The van der Waals surface area contributed by atoms with Crippen LogP contribution in [0.25, 0.3) is 0 Å². The summed E-state index contributed by atoms with van der Waals surface area (Å²) >= 11 is 0. The monoisotopic (exact) mass is 273 g/mol. The van der Waals surface area contributed by atoms with Gasteiger partial charge in [0.15, 0.2) is 0 Å². The fourth-order valence-electron chi connectivity index (χ4n) is 1.73. The average molecular weight is 273 g/mol. The van der Waals surface area contributed by atoms with Crippen LogP contribution in [0, 0.1) is 6.92 Å². The van der Waals surface area contributed by atoms with Crippen molar-refractivity contribution in [2.75, 3.05) is 13.7 Å². The van der Waals surface area contributed by atoms with Crippen LogP contribution < -0.4 is 4.72 Å². The maximum absolute atomic E-state index is 12.2. The third-order valence-corrected chi connectivity index (χ3v) is 4.36. The van der Waals surface area contributed by atoms with E-state index in [1.807, 2.05) is 0 Å². The molecule has 102 valence electrons. The second-order valence-corrected chi connectivity index (χ2v) is 5.86. The molecule has 1 rings (SSSR count). The van der Waals surface area contributed by atoms with Crippen molar-refractivity contribution in [3.8, 4) is 0 Å². The fraction of sp³-hybridized carbons (Fsp3) is 0.500. The van der Waals surface area contributed by atoms with Crippen molar-refractivity contribution in [1.82, 2.24) is 4.72 Å². The second kappa shape index (κ2) is 6.29. The van der Waals surface area contributed by atoms with Crippen LogP contribution in [0.15, 0.2) is 23.1 Å². The quantitative estimate of drug-likeness (QED) is 0.804. The highest BCUT2D eigenvalue weighted by molar-refractivity contribution is 7.89. The maximum Gasteiger partial charge on any atom is 0.241 e. The number of rotatable bonds is 6. The predicted molar refractivity (Wildman–Crippen MR) is 68.8 cm³/mol. The predicted octanol–water partition coefficient (Wildman–Crippen LogP) is 0.801. The first kappa shape index (κ1) is 15.1. The first-order valence-electron chi connectivity index (χ1n) is 5.63. The van der Waals surface area contributed by atoms with Crippen molar-refractivity contribution >= 4 is 10.0 Å². The van der Waals surface area contributed by atoms with Crippen molar-refractivity contribution in [1.29, 1.82) is 0 Å². The summed E-state index contributed by atoms with van der Waals surface area (Å²) in [5.41, 5.74) is 1.18. The molecular weight excluding hydrogens is 254 g/mol. The summed E-state index contributed by atoms with van der Waals surface area (Å²) in [5, 5.41) is 9.14. The Kier molecular flexibility index (Phi) is 5.28. The van der Waals surface area contributed by atoms with E-state index in [1.165, 1.54) is 13.2 Å². The Balaban J connectivity index is 3.05. The highest BCUT2D eigenvalue weighted by Crippen LogP contribution is 2.19. The van der Waals surface area contributed by atoms with E-state index in [4.69, 9.17) is 9.84 Å². The molecule has 0 saturated heterocycles. The molecule has 0 aliphatic rings. The van der Waals surface area contributed by atoms with Gasteiger partial charge < -0.3 is 9.84 Å². The van der Waals surface area contributed by atoms with Gasteiger partial charge in [0.25, 0.3) is 0 Å². The molecule has 6 heteroatoms. The molecule has 0 heterocycles. The van der Waals surface area contributed by atoms with Gasteiger partial charge in [-0.3, -0.25) is 0 Å². The van der Waals surface area contributed by atoms with Crippen molar-refractivity contribution < 1.29 is 18.3 Å². The molecule has 0 saturated carbocycles. The Morgan fingerprint density at radius 1 is 1.44 bits per heavy atom. The fourth-order valence-corrected chi connectivity index (χ4v) is 3.25. The zero-order valence-electron chi connectivity index (χ0n) is 10.8. The standard InChI is InChI=1S/C12H19NO4S/c1-9(8-17-3)13-18(15,16)12-6-4-5-11(7-14)10(12)2/h4-6,9,13-14H,7-8H2,1-3H3. The highest BCUT2D eigenvalue weighted by Gasteiger charge is 2.20. The molecule has 0 spiro atoms. The third-order valence-electron chi connectivity index (χ3n) is 2.63. The first-order valence-corrected chi connectivity index (χ1v) is 7.11. The zero-order chi connectivity index (χ0) is 13.8. The summed E-state index contributed by atoms with van der Waals surface area (Å²) in [7, 11) is -2.07. The van der Waals surface area contributed by atoms with Crippen LogP contribution in [-0.2, 0) is 21.4 Å². The first-order chi connectivity index (χ1) is 8.42. The lowest BCUT2D eigenvalue weighted by Crippen LogP contribution is -2.36. The topological polar surface area (TPSA) is 75.6 Å². The smallest absolute Gasteiger partial charge is 0.241 e. The lowest BCUT2D eigenvalue weighted by Gasteiger charge is -2.15. The van der Waals surface area contributed by atoms with E-state index in [0.29, 0.717) is 17.7 Å². The van der Waals surface area contributed by atoms with Crippen LogP contribution in [0.3, 0.4) is 0 Å². The van der Waals surface area contributed by atoms with Gasteiger partial charge in [-0.15, -0.1) is 0 Å². The van der Waals surface area contributed by atoms with Gasteiger partial charge in [-0.2, -0.15) is 0 Å². The van der Waals surface area contributed by atoms with Gasteiger partial charge in [0.05, 0.1) is 18.1 Å². The molecule has 0 fully saturated rings. The van der Waals surface area contributed by atoms with Gasteiger partial charge in [0, 0.05) is 13.2 Å². The van der Waals surface area contributed by atoms with Gasteiger partial charge in [-0.05, 0) is 31.0 Å². The molecule has 0 amide bonds. The Labute approximate surface area is 108 Å². The summed E-state index contributed by atoms with van der Waals surface area (Å²) in [6.07, 6.45) is 0. The summed E-state index contributed by atoms with van der Waals surface area (Å²) in [6.45, 7) is 3.54. The lowest BCUT2D eigenvalue weighted by molar-refractivity contribution is 0.180. The van der Waals surface area contributed by atoms with Crippen molar-refractivity contribution in [3.05, 3.63) is 29.3 Å². The second-order valence-electron chi connectivity index (χ2n) is 4.18. The molecule has 2 N–H and O–H groups in total. The van der Waals surface area contributed by atoms with E-state index in [9.17, 15) is 8.42 Å². The third kappa shape index (κ3) is 3.52. The van der Waals surface area contributed by atoms with E-state index in [-0.39, 0.29) is 17.5 Å². The van der Waals surface area contributed by atoms with E-state index < -0.39 is 10.0 Å². The largest absolute Gasteiger partial charge is 0.392 e. The number of hydrogen-bond acceptors (Lipinski definition) is 4. The van der Waals surface area contributed by atoms with Gasteiger partial charge in [-0.25, -0.2) is 13.1 Å². The van der Waals surface area contributed by atoms with Crippen LogP contribution in [0.2, 0.25) is 0 Å². The molecule has 1 aromatic carbocycles. The molecule has 0 bridgehead atoms. The summed E-state index contributed by atoms with van der Waals surface area (Å²) < 4.78 is 31.7. The molecule has 18 heavy (non-hydrogen) atoms. The molecule has 0 aliphatic carbocycles. The van der Waals surface area contributed by atoms with Crippen molar-refractivity contribution in [2.24, 2.45) is 0 Å². The van der Waals surface area contributed by atoms with E-state index in [2.05, 4.69) is 4.72 Å². The Morgan fingerprint density at radius 3 is 2.67 bits per heavy atom. The average Bonchev–Trinajstić information content (AvgIpc) is 2.28. The van der Waals surface area contributed by atoms with E-state index in [0.717, 1.165) is 0 Å². The van der Waals surface area contributed by atoms with E-state index >= 15 is 0 Å². The maximum atomic E-state index is 12.2. The van der Waals surface area contributed by atoms with Gasteiger partial charge >= 0.3 is 0 Å². The number of aliphatic hydroxyl groups excluding tert-OH is 1. The lowest BCUT2D eigenvalue weighted by atomic mass is 10.1. The zero-order valence-corrected chi connectivity index (χ0v) is 11.6. The number of hydrogen-bond donors (Lipinski definition) is 2. The SMILES string of the molecule is COCC(C)NS(=O)(=O)c1cccc(CO)c1C. The number of nitrogens with one attached hydrogen (secondary N) is 1. The number of methoxy groups -OCH3 is 1. The molecule has 1 unspecified atom stereocenters. The van der Waals surface area contributed by atoms with Gasteiger partial charge in [-0.1, -0.05) is 12.1 Å². The van der Waals surface area contributed by atoms with Crippen LogP contribution in [0.5, 0.6) is 0 Å². The minimum absolute atomic E-state index is 0.178. The molecule has 0 radical (unpaired) electrons. The number of ether oxygens (including phenoxy) is 1. The van der Waals surface area contributed by atoms with Gasteiger partial charge in [0.2, 0.25) is 10.0 Å². The molecule has 5 nitrogen and oxygen atoms in total. The van der Waals surface area contributed by atoms with Crippen LogP contribution in [-0.4, -0.2) is 33.3 Å². The van der Waals surface area contributed by atoms with Crippen LogP contribution in [0.1, 0.15) is 18.1 Å². The minimum atomic E-state index is -3.59. The Bertz CT molecular complexity index is 499. The van der Waals surface area contributed by atoms with Crippen molar-refractivity contribution in [3.63, 3.8) is 0 Å². The summed E-state index contributed by atoms with van der Waals surface area (Å²) in [6, 6.07) is 4.54. The van der Waals surface area contributed by atoms with Crippen LogP contribution >= 0.6 is 0 Å². The molecule has 0 aromatic heterocycles. The number of aliphatic hydroxyl groups is 1. The number of benzene rings is 1. The molecule has 0 aliphatic heterocycles. The summed E-state index contributed by atoms with van der Waals surface area (Å²) in [4.78, 5) is 0.192. The molecule has 1 atom stereocenters. The van der Waals surface area contributed by atoms with Gasteiger partial charge in [0.1, 0.15) is 0 Å². The summed E-state index contributed by atoms with van der Waals surface area (Å²) in [5.74, 6) is 0. The van der Waals surface area contributed by atoms with Crippen molar-refractivity contribution in [2.45, 2.75) is 31.4 Å². The Hall–Kier alpha value is -0.950. The molecular formula is C12H19NO4S. The van der Waals surface area contributed by atoms with E-state index in [1.54, 1.807) is 26.0 Å². The Morgan fingerprint density at radius 2 is 2.11 bits per heavy atom.